The third-order valence-corrected chi connectivity index (χ3v) is 2.11. The van der Waals surface area contributed by atoms with E-state index in [2.05, 4.69) is 10.6 Å². The first-order chi connectivity index (χ1) is 7.69. The van der Waals surface area contributed by atoms with Crippen molar-refractivity contribution in [3.05, 3.63) is 35.4 Å². The van der Waals surface area contributed by atoms with E-state index in [1.807, 2.05) is 24.3 Å². The fourth-order valence-electron chi connectivity index (χ4n) is 1.23. The zero-order chi connectivity index (χ0) is 12.0. The number of hydrogen-bond acceptors (Lipinski definition) is 2. The molecule has 1 radical (unpaired) electrons. The van der Waals surface area contributed by atoms with Crippen molar-refractivity contribution in [3.63, 3.8) is 0 Å². The van der Waals surface area contributed by atoms with E-state index in [0.29, 0.717) is 0 Å². The second-order valence-corrected chi connectivity index (χ2v) is 3.13. The molecule has 1 aromatic rings. The number of hydrogen-bond donors (Lipinski definition) is 2. The maximum absolute atomic E-state index is 11.2. The average Bonchev–Trinajstić information content (AvgIpc) is 2.35. The third-order valence-electron chi connectivity index (χ3n) is 2.11. The predicted octanol–water partition coefficient (Wildman–Crippen LogP) is -0.632. The molecule has 0 aliphatic heterocycles. The molecular weight excluding hydrogens is 203 g/mol. The van der Waals surface area contributed by atoms with Crippen LogP contribution in [0.2, 0.25) is 0 Å². The van der Waals surface area contributed by atoms with Gasteiger partial charge in [-0.3, -0.25) is 0 Å². The van der Waals surface area contributed by atoms with Gasteiger partial charge in [-0.25, -0.2) is 0 Å². The van der Waals surface area contributed by atoms with Crippen molar-refractivity contribution in [1.82, 2.24) is 10.6 Å². The summed E-state index contributed by atoms with van der Waals surface area (Å²) in [6.45, 7) is 0.274. The fraction of sp³-hybridized carbons (Fsp3) is 0.182. The number of amides is 2. The van der Waals surface area contributed by atoms with Crippen LogP contribution in [-0.4, -0.2) is 32.3 Å². The summed E-state index contributed by atoms with van der Waals surface area (Å²) in [5.41, 5.74) is 1.70. The first-order valence-corrected chi connectivity index (χ1v) is 4.81. The van der Waals surface area contributed by atoms with Gasteiger partial charge in [-0.1, -0.05) is 0 Å². The molecule has 16 heavy (non-hydrogen) atoms. The Hall–Kier alpha value is -1.91. The third kappa shape index (κ3) is 3.05. The van der Waals surface area contributed by atoms with E-state index in [-0.39, 0.29) is 6.54 Å². The Kier molecular flexibility index (Phi) is 4.45. The van der Waals surface area contributed by atoms with Crippen molar-refractivity contribution in [2.24, 2.45) is 0 Å². The molecule has 0 aliphatic carbocycles. The zero-order valence-corrected chi connectivity index (χ0v) is 8.99. The first kappa shape index (κ1) is 12.2. The van der Waals surface area contributed by atoms with Gasteiger partial charge in [-0.05, 0) is 0 Å². The van der Waals surface area contributed by atoms with Gasteiger partial charge in [-0.15, -0.1) is 0 Å². The molecule has 0 spiro atoms. The van der Waals surface area contributed by atoms with Crippen molar-refractivity contribution >= 4 is 25.3 Å². The average molecular weight is 215 g/mol. The normalized spacial score (nSPS) is 9.25. The summed E-state index contributed by atoms with van der Waals surface area (Å²) in [6, 6.07) is 7.36. The van der Waals surface area contributed by atoms with Crippen LogP contribution < -0.4 is 10.6 Å². The minimum atomic E-state index is -0.658. The second kappa shape index (κ2) is 5.85. The SMILES string of the molecule is [B]=Cc1ccccc1CNC(=O)C(=O)NC. The molecule has 0 saturated carbocycles. The molecule has 4 nitrogen and oxygen atoms in total. The quantitative estimate of drug-likeness (QED) is 0.520. The van der Waals surface area contributed by atoms with Crippen molar-refractivity contribution in [1.29, 1.82) is 0 Å². The van der Waals surface area contributed by atoms with Gasteiger partial charge in [0.15, 0.2) is 0 Å². The van der Waals surface area contributed by atoms with E-state index in [9.17, 15) is 9.59 Å². The van der Waals surface area contributed by atoms with Crippen molar-refractivity contribution in [2.45, 2.75) is 6.54 Å². The van der Waals surface area contributed by atoms with E-state index in [1.165, 1.54) is 13.0 Å². The van der Waals surface area contributed by atoms with E-state index >= 15 is 0 Å². The standard InChI is InChI=1S/C11H12BN2O2/c1-13-10(15)11(16)14-7-9-5-3-2-4-8(9)6-12/h2-6H,7H2,1H3,(H,13,15)(H,14,16). The number of carbonyl (C=O) groups excluding carboxylic acids is 2. The number of rotatable bonds is 3. The first-order valence-electron chi connectivity index (χ1n) is 4.81. The molecule has 1 aromatic carbocycles. The van der Waals surface area contributed by atoms with E-state index in [4.69, 9.17) is 7.49 Å². The van der Waals surface area contributed by atoms with Crippen LogP contribution in [0.5, 0.6) is 0 Å². The molecule has 81 valence electrons. The van der Waals surface area contributed by atoms with Crippen molar-refractivity contribution in [2.75, 3.05) is 7.05 Å². The molecule has 0 unspecified atom stereocenters. The number of benzene rings is 1. The number of nitrogens with one attached hydrogen (secondary N) is 2. The minimum absolute atomic E-state index is 0.274. The van der Waals surface area contributed by atoms with Crippen LogP contribution in [0, 0.1) is 0 Å². The Bertz CT molecular complexity index is 418. The van der Waals surface area contributed by atoms with Crippen LogP contribution in [0.4, 0.5) is 0 Å². The Morgan fingerprint density at radius 3 is 2.62 bits per heavy atom. The molecule has 2 N–H and O–H groups in total. The molecule has 0 bridgehead atoms. The van der Waals surface area contributed by atoms with Crippen molar-refractivity contribution in [3.8, 4) is 0 Å². The van der Waals surface area contributed by atoms with Gasteiger partial charge in [0.1, 0.15) is 0 Å². The molecule has 1 rings (SSSR count). The van der Waals surface area contributed by atoms with Gasteiger partial charge in [-0.2, -0.15) is 0 Å². The fourth-order valence-corrected chi connectivity index (χ4v) is 1.23. The molecule has 0 heterocycles. The summed E-state index contributed by atoms with van der Waals surface area (Å²) in [4.78, 5) is 22.1. The van der Waals surface area contributed by atoms with Crippen LogP contribution in [0.3, 0.4) is 0 Å². The monoisotopic (exact) mass is 215 g/mol. The van der Waals surface area contributed by atoms with Crippen LogP contribution in [-0.2, 0) is 16.1 Å². The van der Waals surface area contributed by atoms with Gasteiger partial charge < -0.3 is 0 Å². The Morgan fingerprint density at radius 2 is 2.00 bits per heavy atom. The van der Waals surface area contributed by atoms with Crippen LogP contribution >= 0.6 is 0 Å². The second-order valence-electron chi connectivity index (χ2n) is 3.13. The summed E-state index contributed by atoms with van der Waals surface area (Å²) in [7, 11) is 6.83. The summed E-state index contributed by atoms with van der Waals surface area (Å²) in [6.07, 6.45) is 0. The number of likely N-dealkylation sites (N-methyl/N-ethyl adjacent to an activating group) is 1. The zero-order valence-electron chi connectivity index (χ0n) is 8.99. The number of carbonyl (C=O) groups is 2. The van der Waals surface area contributed by atoms with Crippen LogP contribution in [0.1, 0.15) is 11.1 Å². The Balaban J connectivity index is 2.64. The van der Waals surface area contributed by atoms with E-state index in [1.54, 1.807) is 0 Å². The van der Waals surface area contributed by atoms with Gasteiger partial charge in [0.05, 0.1) is 0 Å². The van der Waals surface area contributed by atoms with Crippen molar-refractivity contribution < 1.29 is 9.59 Å². The summed E-state index contributed by atoms with van der Waals surface area (Å²) in [5, 5.41) is 4.74. The van der Waals surface area contributed by atoms with Crippen LogP contribution in [0.15, 0.2) is 24.3 Å². The molecule has 0 saturated heterocycles. The molecule has 5 heteroatoms. The van der Waals surface area contributed by atoms with Gasteiger partial charge in [0.2, 0.25) is 0 Å². The molecular formula is C11H12BN2O2. The summed E-state index contributed by atoms with van der Waals surface area (Å²) < 4.78 is 0. The van der Waals surface area contributed by atoms with Crippen LogP contribution in [0.25, 0.3) is 0 Å². The summed E-state index contributed by atoms with van der Waals surface area (Å²) >= 11 is 0. The molecule has 0 fully saturated rings. The molecule has 0 aromatic heterocycles. The van der Waals surface area contributed by atoms with Gasteiger partial charge >= 0.3 is 94.5 Å². The topological polar surface area (TPSA) is 58.2 Å². The molecule has 0 atom stereocenters. The molecule has 2 amide bonds. The van der Waals surface area contributed by atoms with E-state index in [0.717, 1.165) is 11.1 Å². The maximum atomic E-state index is 11.2. The van der Waals surface area contributed by atoms with Gasteiger partial charge in [0, 0.05) is 0 Å². The Labute approximate surface area is 95.1 Å². The van der Waals surface area contributed by atoms with Gasteiger partial charge in [0.25, 0.3) is 0 Å². The van der Waals surface area contributed by atoms with E-state index < -0.39 is 11.8 Å². The Morgan fingerprint density at radius 1 is 1.31 bits per heavy atom. The predicted molar refractivity (Wildman–Crippen MR) is 63.3 cm³/mol. The molecule has 0 aliphatic rings. The summed E-state index contributed by atoms with van der Waals surface area (Å²) in [5.74, 6) is 0.144.